The van der Waals surface area contributed by atoms with Gasteiger partial charge < -0.3 is 5.32 Å². The van der Waals surface area contributed by atoms with E-state index in [-0.39, 0.29) is 0 Å². The van der Waals surface area contributed by atoms with Gasteiger partial charge in [-0.1, -0.05) is 34.6 Å². The SMILES string of the molecule is CCSC1=NSc2ccc(Br)cc2N1. The summed E-state index contributed by atoms with van der Waals surface area (Å²) in [6.45, 7) is 2.12. The quantitative estimate of drug-likeness (QED) is 0.791. The van der Waals surface area contributed by atoms with Crippen LogP contribution in [0.2, 0.25) is 0 Å². The van der Waals surface area contributed by atoms with Crippen LogP contribution in [0.25, 0.3) is 0 Å². The van der Waals surface area contributed by atoms with E-state index >= 15 is 0 Å². The second-order valence-electron chi connectivity index (χ2n) is 2.69. The van der Waals surface area contributed by atoms with Crippen molar-refractivity contribution in [2.45, 2.75) is 11.8 Å². The van der Waals surface area contributed by atoms with Crippen LogP contribution < -0.4 is 5.32 Å². The van der Waals surface area contributed by atoms with Crippen molar-refractivity contribution in [1.82, 2.24) is 0 Å². The van der Waals surface area contributed by atoms with Gasteiger partial charge in [0.05, 0.1) is 10.6 Å². The lowest BCUT2D eigenvalue weighted by Crippen LogP contribution is -2.11. The van der Waals surface area contributed by atoms with Gasteiger partial charge in [0, 0.05) is 16.4 Å². The predicted molar refractivity (Wildman–Crippen MR) is 69.2 cm³/mol. The Bertz CT molecular complexity index is 379. The van der Waals surface area contributed by atoms with Crippen molar-refractivity contribution in [1.29, 1.82) is 0 Å². The van der Waals surface area contributed by atoms with Gasteiger partial charge in [-0.2, -0.15) is 4.40 Å². The zero-order valence-corrected chi connectivity index (χ0v) is 10.8. The molecule has 1 heterocycles. The third-order valence-corrected chi connectivity index (χ3v) is 3.88. The van der Waals surface area contributed by atoms with E-state index in [1.54, 1.807) is 11.8 Å². The summed E-state index contributed by atoms with van der Waals surface area (Å²) in [6.07, 6.45) is 0. The maximum atomic E-state index is 4.36. The van der Waals surface area contributed by atoms with Crippen LogP contribution in [0.4, 0.5) is 5.69 Å². The minimum atomic E-state index is 0.989. The molecule has 0 spiro atoms. The molecule has 1 aliphatic rings. The van der Waals surface area contributed by atoms with Crippen molar-refractivity contribution in [2.24, 2.45) is 4.40 Å². The number of amidine groups is 1. The monoisotopic (exact) mass is 288 g/mol. The molecule has 0 bridgehead atoms. The van der Waals surface area contributed by atoms with Crippen LogP contribution in [0, 0.1) is 0 Å². The number of rotatable bonds is 1. The second-order valence-corrected chi connectivity index (χ2v) is 5.66. The van der Waals surface area contributed by atoms with E-state index in [1.165, 1.54) is 16.8 Å². The van der Waals surface area contributed by atoms with Gasteiger partial charge in [0.25, 0.3) is 0 Å². The molecule has 0 aliphatic carbocycles. The highest BCUT2D eigenvalue weighted by atomic mass is 79.9. The van der Waals surface area contributed by atoms with E-state index in [9.17, 15) is 0 Å². The highest BCUT2D eigenvalue weighted by molar-refractivity contribution is 9.10. The average Bonchev–Trinajstić information content (AvgIpc) is 2.17. The first-order chi connectivity index (χ1) is 6.79. The third kappa shape index (κ3) is 2.27. The molecule has 2 rings (SSSR count). The minimum absolute atomic E-state index is 0.989. The number of hydrogen-bond acceptors (Lipinski definition) is 4. The molecule has 1 aromatic carbocycles. The van der Waals surface area contributed by atoms with Gasteiger partial charge in [-0.3, -0.25) is 0 Å². The molecule has 0 radical (unpaired) electrons. The summed E-state index contributed by atoms with van der Waals surface area (Å²) in [5.41, 5.74) is 1.13. The van der Waals surface area contributed by atoms with Crippen LogP contribution in [-0.2, 0) is 0 Å². The molecular formula is C9H9BrN2S2. The molecule has 0 saturated carbocycles. The molecule has 1 aromatic rings. The molecule has 0 aromatic heterocycles. The Morgan fingerprint density at radius 2 is 2.43 bits per heavy atom. The van der Waals surface area contributed by atoms with E-state index < -0.39 is 0 Å². The van der Waals surface area contributed by atoms with Crippen molar-refractivity contribution >= 4 is 50.5 Å². The lowest BCUT2D eigenvalue weighted by molar-refractivity contribution is 1.41. The van der Waals surface area contributed by atoms with E-state index in [4.69, 9.17) is 0 Å². The fraction of sp³-hybridized carbons (Fsp3) is 0.222. The number of hydrogen-bond donors (Lipinski definition) is 1. The molecular weight excluding hydrogens is 280 g/mol. The van der Waals surface area contributed by atoms with Crippen LogP contribution >= 0.6 is 39.6 Å². The standard InChI is InChI=1S/C9H9BrN2S2/c1-2-13-9-11-7-5-6(10)3-4-8(7)14-12-9/h3-5H,2H2,1H3,(H,11,12). The predicted octanol–water partition coefficient (Wildman–Crippen LogP) is 3.99. The Morgan fingerprint density at radius 1 is 1.57 bits per heavy atom. The van der Waals surface area contributed by atoms with Crippen LogP contribution in [0.15, 0.2) is 32.0 Å². The molecule has 0 amide bonds. The van der Waals surface area contributed by atoms with Gasteiger partial charge in [-0.15, -0.1) is 0 Å². The molecule has 0 atom stereocenters. The minimum Gasteiger partial charge on any atom is -0.333 e. The Balaban J connectivity index is 2.22. The highest BCUT2D eigenvalue weighted by Gasteiger charge is 2.12. The average molecular weight is 289 g/mol. The maximum Gasteiger partial charge on any atom is 0.173 e. The van der Waals surface area contributed by atoms with Gasteiger partial charge in [-0.25, -0.2) is 0 Å². The highest BCUT2D eigenvalue weighted by Crippen LogP contribution is 2.35. The largest absolute Gasteiger partial charge is 0.333 e. The normalized spacial score (nSPS) is 14.3. The lowest BCUT2D eigenvalue weighted by atomic mass is 10.3. The first-order valence-corrected chi connectivity index (χ1v) is 6.79. The van der Waals surface area contributed by atoms with Gasteiger partial charge >= 0.3 is 0 Å². The van der Waals surface area contributed by atoms with E-state index in [0.29, 0.717) is 0 Å². The summed E-state index contributed by atoms with van der Waals surface area (Å²) < 4.78 is 5.45. The number of thioether (sulfide) groups is 1. The molecule has 0 fully saturated rings. The zero-order chi connectivity index (χ0) is 9.97. The Labute approximate surface area is 100 Å². The molecule has 74 valence electrons. The molecule has 14 heavy (non-hydrogen) atoms. The van der Waals surface area contributed by atoms with E-state index in [1.807, 2.05) is 6.07 Å². The molecule has 0 saturated heterocycles. The first-order valence-electron chi connectivity index (χ1n) is 4.24. The summed E-state index contributed by atoms with van der Waals surface area (Å²) in [5.74, 6) is 1.04. The molecule has 1 N–H and O–H groups in total. The topological polar surface area (TPSA) is 24.4 Å². The fourth-order valence-corrected chi connectivity index (χ4v) is 2.81. The molecule has 0 unspecified atom stereocenters. The number of halogens is 1. The smallest absolute Gasteiger partial charge is 0.173 e. The van der Waals surface area contributed by atoms with Crippen molar-refractivity contribution in [3.63, 3.8) is 0 Å². The number of benzene rings is 1. The second kappa shape index (κ2) is 4.59. The number of nitrogens with one attached hydrogen (secondary N) is 1. The van der Waals surface area contributed by atoms with E-state index in [2.05, 4.69) is 44.7 Å². The van der Waals surface area contributed by atoms with Crippen LogP contribution in [0.3, 0.4) is 0 Å². The van der Waals surface area contributed by atoms with Gasteiger partial charge in [0.2, 0.25) is 0 Å². The summed E-state index contributed by atoms with van der Waals surface area (Å²) in [6, 6.07) is 6.17. The summed E-state index contributed by atoms with van der Waals surface area (Å²) in [5, 5.41) is 4.29. The zero-order valence-electron chi connectivity index (χ0n) is 7.58. The summed E-state index contributed by atoms with van der Waals surface area (Å²) >= 11 is 6.71. The van der Waals surface area contributed by atoms with Crippen molar-refractivity contribution in [3.8, 4) is 0 Å². The molecule has 1 aliphatic heterocycles. The first kappa shape index (κ1) is 10.4. The Hall–Kier alpha value is -0.130. The van der Waals surface area contributed by atoms with E-state index in [0.717, 1.165) is 21.1 Å². The third-order valence-electron chi connectivity index (χ3n) is 1.69. The van der Waals surface area contributed by atoms with Crippen LogP contribution in [-0.4, -0.2) is 10.9 Å². The summed E-state index contributed by atoms with van der Waals surface area (Å²) in [7, 11) is 0. The number of nitrogens with zero attached hydrogens (tertiary/aromatic N) is 1. The fourth-order valence-electron chi connectivity index (χ4n) is 1.11. The molecule has 2 nitrogen and oxygen atoms in total. The summed E-state index contributed by atoms with van der Waals surface area (Å²) in [4.78, 5) is 1.17. The lowest BCUT2D eigenvalue weighted by Gasteiger charge is -2.16. The number of anilines is 1. The van der Waals surface area contributed by atoms with Gasteiger partial charge in [-0.05, 0) is 24.0 Å². The van der Waals surface area contributed by atoms with Crippen molar-refractivity contribution in [2.75, 3.05) is 11.1 Å². The Morgan fingerprint density at radius 3 is 3.21 bits per heavy atom. The Kier molecular flexibility index (Phi) is 3.41. The number of fused-ring (bicyclic) bond motifs is 1. The van der Waals surface area contributed by atoms with Gasteiger partial charge in [0.15, 0.2) is 5.17 Å². The molecule has 5 heteroatoms. The van der Waals surface area contributed by atoms with Crippen molar-refractivity contribution in [3.05, 3.63) is 22.7 Å². The van der Waals surface area contributed by atoms with Crippen molar-refractivity contribution < 1.29 is 0 Å². The van der Waals surface area contributed by atoms with Gasteiger partial charge in [0.1, 0.15) is 0 Å². The van der Waals surface area contributed by atoms with Crippen LogP contribution in [0.5, 0.6) is 0 Å². The maximum absolute atomic E-state index is 4.36. The van der Waals surface area contributed by atoms with Crippen LogP contribution in [0.1, 0.15) is 6.92 Å².